The number of hydrogen-bond donors (Lipinski definition) is 2. The molecule has 8 heteroatoms. The number of anilines is 1. The first-order valence-corrected chi connectivity index (χ1v) is 8.79. The van der Waals surface area contributed by atoms with Gasteiger partial charge in [0, 0.05) is 10.9 Å². The molecule has 0 spiro atoms. The molecule has 5 nitrogen and oxygen atoms in total. The van der Waals surface area contributed by atoms with Gasteiger partial charge in [0.25, 0.3) is 0 Å². The van der Waals surface area contributed by atoms with Crippen LogP contribution < -0.4 is 10.6 Å². The van der Waals surface area contributed by atoms with Crippen molar-refractivity contribution in [3.63, 3.8) is 0 Å². The van der Waals surface area contributed by atoms with Gasteiger partial charge in [-0.1, -0.05) is 41.4 Å². The second kappa shape index (κ2) is 7.70. The lowest BCUT2D eigenvalue weighted by atomic mass is 10.2. The molecule has 2 amide bonds. The molecule has 0 unspecified atom stereocenters. The van der Waals surface area contributed by atoms with Crippen molar-refractivity contribution in [2.45, 2.75) is 13.1 Å². The molecular formula is C16H14Cl2N4OS. The summed E-state index contributed by atoms with van der Waals surface area (Å²) in [7, 11) is 0. The Hall–Kier alpha value is -2.02. The number of thiophene rings is 1. The Balaban J connectivity index is 1.64. The van der Waals surface area contributed by atoms with E-state index in [1.165, 1.54) is 0 Å². The zero-order valence-corrected chi connectivity index (χ0v) is 14.8. The average molecular weight is 381 g/mol. The maximum absolute atomic E-state index is 12.0. The first-order valence-electron chi connectivity index (χ1n) is 7.15. The number of amides is 2. The zero-order chi connectivity index (χ0) is 16.9. The Morgan fingerprint density at radius 1 is 1.21 bits per heavy atom. The van der Waals surface area contributed by atoms with Crippen LogP contribution in [0.3, 0.4) is 0 Å². The van der Waals surface area contributed by atoms with E-state index in [4.69, 9.17) is 23.2 Å². The number of rotatable bonds is 5. The first-order chi connectivity index (χ1) is 11.6. The van der Waals surface area contributed by atoms with Crippen LogP contribution in [-0.4, -0.2) is 15.8 Å². The van der Waals surface area contributed by atoms with E-state index in [-0.39, 0.29) is 6.03 Å². The minimum atomic E-state index is -0.289. The van der Waals surface area contributed by atoms with Gasteiger partial charge in [-0.25, -0.2) is 9.48 Å². The van der Waals surface area contributed by atoms with Crippen molar-refractivity contribution < 1.29 is 4.79 Å². The van der Waals surface area contributed by atoms with Crippen LogP contribution in [0, 0.1) is 0 Å². The van der Waals surface area contributed by atoms with Crippen LogP contribution in [0.2, 0.25) is 10.0 Å². The minimum Gasteiger partial charge on any atom is -0.333 e. The second-order valence-corrected chi connectivity index (χ2v) is 6.79. The van der Waals surface area contributed by atoms with Crippen molar-refractivity contribution >= 4 is 46.4 Å². The highest BCUT2D eigenvalue weighted by molar-refractivity contribution is 7.09. The third-order valence-corrected chi connectivity index (χ3v) is 5.05. The molecule has 0 aliphatic carbocycles. The van der Waals surface area contributed by atoms with Crippen LogP contribution in [0.5, 0.6) is 0 Å². The second-order valence-electron chi connectivity index (χ2n) is 4.97. The van der Waals surface area contributed by atoms with Crippen molar-refractivity contribution in [2.75, 3.05) is 5.32 Å². The van der Waals surface area contributed by atoms with Gasteiger partial charge in [-0.05, 0) is 23.1 Å². The van der Waals surface area contributed by atoms with Gasteiger partial charge in [-0.15, -0.1) is 11.3 Å². The van der Waals surface area contributed by atoms with E-state index in [9.17, 15) is 4.79 Å². The predicted molar refractivity (Wildman–Crippen MR) is 98.0 cm³/mol. The largest absolute Gasteiger partial charge is 0.333 e. The number of carbonyl (C=O) groups is 1. The SMILES string of the molecule is O=C(NCc1cccs1)Nc1ccnn1Cc1cccc(Cl)c1Cl. The summed E-state index contributed by atoms with van der Waals surface area (Å²) in [4.78, 5) is 13.1. The van der Waals surface area contributed by atoms with Gasteiger partial charge in [-0.2, -0.15) is 5.10 Å². The molecule has 24 heavy (non-hydrogen) atoms. The number of carbonyl (C=O) groups excluding carboxylic acids is 1. The molecule has 3 rings (SSSR count). The smallest absolute Gasteiger partial charge is 0.320 e. The van der Waals surface area contributed by atoms with Gasteiger partial charge in [0.15, 0.2) is 0 Å². The van der Waals surface area contributed by atoms with E-state index in [0.29, 0.717) is 29.0 Å². The summed E-state index contributed by atoms with van der Waals surface area (Å²) < 4.78 is 1.66. The molecule has 0 fully saturated rings. The van der Waals surface area contributed by atoms with Crippen molar-refractivity contribution in [3.8, 4) is 0 Å². The van der Waals surface area contributed by atoms with Gasteiger partial charge >= 0.3 is 6.03 Å². The average Bonchev–Trinajstić information content (AvgIpc) is 3.22. The minimum absolute atomic E-state index is 0.289. The first kappa shape index (κ1) is 16.8. The molecule has 2 N–H and O–H groups in total. The number of halogens is 2. The van der Waals surface area contributed by atoms with Crippen molar-refractivity contribution in [1.82, 2.24) is 15.1 Å². The highest BCUT2D eigenvalue weighted by atomic mass is 35.5. The van der Waals surface area contributed by atoms with Gasteiger partial charge in [0.1, 0.15) is 5.82 Å². The number of nitrogens with one attached hydrogen (secondary N) is 2. The fourth-order valence-corrected chi connectivity index (χ4v) is 3.16. The predicted octanol–water partition coefficient (Wildman–Crippen LogP) is 4.62. The highest BCUT2D eigenvalue weighted by Crippen LogP contribution is 2.26. The van der Waals surface area contributed by atoms with Gasteiger partial charge in [0.05, 0.1) is 29.3 Å². The lowest BCUT2D eigenvalue weighted by Crippen LogP contribution is -2.29. The molecule has 3 aromatic rings. The van der Waals surface area contributed by atoms with E-state index in [2.05, 4.69) is 15.7 Å². The maximum Gasteiger partial charge on any atom is 0.320 e. The summed E-state index contributed by atoms with van der Waals surface area (Å²) in [5, 5.41) is 12.8. The topological polar surface area (TPSA) is 59.0 Å². The Labute approximate surface area is 153 Å². The van der Waals surface area contributed by atoms with Crippen molar-refractivity contribution in [2.24, 2.45) is 0 Å². The molecule has 1 aromatic carbocycles. The number of urea groups is 1. The molecule has 2 heterocycles. The Bertz CT molecular complexity index is 832. The Kier molecular flexibility index (Phi) is 5.40. The summed E-state index contributed by atoms with van der Waals surface area (Å²) in [6.07, 6.45) is 1.62. The lowest BCUT2D eigenvalue weighted by Gasteiger charge is -2.11. The Morgan fingerprint density at radius 3 is 2.88 bits per heavy atom. The Morgan fingerprint density at radius 2 is 2.08 bits per heavy atom. The van der Waals surface area contributed by atoms with E-state index in [1.54, 1.807) is 34.3 Å². The fraction of sp³-hybridized carbons (Fsp3) is 0.125. The third-order valence-electron chi connectivity index (χ3n) is 3.31. The summed E-state index contributed by atoms with van der Waals surface area (Å²) in [5.74, 6) is 0.578. The molecule has 0 saturated carbocycles. The van der Waals surface area contributed by atoms with Crippen LogP contribution in [0.15, 0.2) is 48.0 Å². The molecule has 2 aromatic heterocycles. The standard InChI is InChI=1S/C16H14Cl2N4OS/c17-13-5-1-3-11(15(13)18)10-22-14(6-7-20-22)21-16(23)19-9-12-4-2-8-24-12/h1-8H,9-10H2,(H2,19,21,23). The zero-order valence-electron chi connectivity index (χ0n) is 12.5. The van der Waals surface area contributed by atoms with Gasteiger partial charge < -0.3 is 5.32 Å². The van der Waals surface area contributed by atoms with Crippen LogP contribution in [-0.2, 0) is 13.1 Å². The maximum atomic E-state index is 12.0. The number of nitrogens with zero attached hydrogens (tertiary/aromatic N) is 2. The molecule has 0 radical (unpaired) electrons. The molecular weight excluding hydrogens is 367 g/mol. The monoisotopic (exact) mass is 380 g/mol. The molecule has 124 valence electrons. The van der Waals surface area contributed by atoms with E-state index < -0.39 is 0 Å². The van der Waals surface area contributed by atoms with Crippen LogP contribution in [0.4, 0.5) is 10.6 Å². The summed E-state index contributed by atoms with van der Waals surface area (Å²) >= 11 is 13.8. The molecule has 0 aliphatic rings. The summed E-state index contributed by atoms with van der Waals surface area (Å²) in [6, 6.07) is 10.8. The molecule has 0 bridgehead atoms. The lowest BCUT2D eigenvalue weighted by molar-refractivity contribution is 0.251. The van der Waals surface area contributed by atoms with Gasteiger partial charge in [-0.3, -0.25) is 5.32 Å². The fourth-order valence-electron chi connectivity index (χ4n) is 2.14. The van der Waals surface area contributed by atoms with Crippen LogP contribution >= 0.6 is 34.5 Å². The highest BCUT2D eigenvalue weighted by Gasteiger charge is 2.10. The summed E-state index contributed by atoms with van der Waals surface area (Å²) in [5.41, 5.74) is 0.829. The van der Waals surface area contributed by atoms with E-state index in [0.717, 1.165) is 10.4 Å². The molecule has 0 atom stereocenters. The van der Waals surface area contributed by atoms with Crippen LogP contribution in [0.25, 0.3) is 0 Å². The third kappa shape index (κ3) is 4.08. The van der Waals surface area contributed by atoms with Gasteiger partial charge in [0.2, 0.25) is 0 Å². The number of aromatic nitrogens is 2. The molecule has 0 aliphatic heterocycles. The van der Waals surface area contributed by atoms with Crippen LogP contribution in [0.1, 0.15) is 10.4 Å². The van der Waals surface area contributed by atoms with E-state index in [1.807, 2.05) is 29.6 Å². The quantitative estimate of drug-likeness (QED) is 0.678. The normalized spacial score (nSPS) is 10.6. The van der Waals surface area contributed by atoms with Crippen molar-refractivity contribution in [3.05, 3.63) is 68.5 Å². The van der Waals surface area contributed by atoms with E-state index >= 15 is 0 Å². The summed E-state index contributed by atoms with van der Waals surface area (Å²) in [6.45, 7) is 0.894. The number of benzene rings is 1. The number of hydrogen-bond acceptors (Lipinski definition) is 3. The molecule has 0 saturated heterocycles. The van der Waals surface area contributed by atoms with Crippen molar-refractivity contribution in [1.29, 1.82) is 0 Å².